The van der Waals surface area contributed by atoms with Gasteiger partial charge in [0.25, 0.3) is 6.43 Å². The number of rotatable bonds is 2. The zero-order chi connectivity index (χ0) is 12.5. The molecule has 0 spiro atoms. The third-order valence-corrected chi connectivity index (χ3v) is 1.83. The molecule has 0 unspecified atom stereocenters. The second kappa shape index (κ2) is 4.20. The Morgan fingerprint density at radius 1 is 1.31 bits per heavy atom. The topological polar surface area (TPSA) is 53.4 Å². The Morgan fingerprint density at radius 2 is 1.88 bits per heavy atom. The minimum atomic E-state index is -5.12. The number of alkyl halides is 5. The van der Waals surface area contributed by atoms with Gasteiger partial charge in [0.1, 0.15) is 5.75 Å². The van der Waals surface area contributed by atoms with Crippen LogP contribution >= 0.6 is 0 Å². The fourth-order valence-electron chi connectivity index (χ4n) is 1.21. The number of halogens is 5. The molecule has 0 amide bonds. The van der Waals surface area contributed by atoms with Gasteiger partial charge in [0, 0.05) is 0 Å². The minimum Gasteiger partial charge on any atom is -0.506 e. The lowest BCUT2D eigenvalue weighted by Gasteiger charge is -2.16. The number of nitrogens with zero attached hydrogens (tertiary/aromatic N) is 1. The third kappa shape index (κ3) is 2.21. The first kappa shape index (κ1) is 12.6. The summed E-state index contributed by atoms with van der Waals surface area (Å²) in [5.74, 6) is -1.25. The molecule has 1 heterocycles. The molecule has 0 saturated heterocycles. The van der Waals surface area contributed by atoms with Gasteiger partial charge in [-0.05, 0) is 0 Å². The monoisotopic (exact) mass is 243 g/mol. The molecule has 0 aliphatic carbocycles. The number of aliphatic hydroxyl groups excluding tert-OH is 1. The van der Waals surface area contributed by atoms with Gasteiger partial charge in [0.15, 0.2) is 0 Å². The van der Waals surface area contributed by atoms with E-state index in [1.54, 1.807) is 0 Å². The fraction of sp³-hybridized carbons (Fsp3) is 0.375. The van der Waals surface area contributed by atoms with Crippen LogP contribution in [0, 0.1) is 0 Å². The highest BCUT2D eigenvalue weighted by Gasteiger charge is 2.40. The standard InChI is InChI=1S/C8H6F5NO2/c9-7(10)5-4(16)1-14-3(2-15)6(5)8(11,12)13/h1,7,15-16H,2H2. The first-order valence-corrected chi connectivity index (χ1v) is 3.96. The van der Waals surface area contributed by atoms with Crippen molar-refractivity contribution < 1.29 is 32.2 Å². The van der Waals surface area contributed by atoms with Crippen molar-refractivity contribution >= 4 is 0 Å². The predicted molar refractivity (Wildman–Crippen MR) is 41.8 cm³/mol. The van der Waals surface area contributed by atoms with Gasteiger partial charge >= 0.3 is 6.18 Å². The molecule has 8 heteroatoms. The Bertz CT molecular complexity index is 391. The molecule has 0 aliphatic heterocycles. The van der Waals surface area contributed by atoms with Crippen molar-refractivity contribution in [2.45, 2.75) is 19.2 Å². The van der Waals surface area contributed by atoms with Crippen molar-refractivity contribution in [3.05, 3.63) is 23.0 Å². The molecule has 1 aromatic heterocycles. The van der Waals surface area contributed by atoms with Crippen LogP contribution in [-0.2, 0) is 12.8 Å². The molecule has 0 fully saturated rings. The quantitative estimate of drug-likeness (QED) is 0.783. The maximum Gasteiger partial charge on any atom is 0.418 e. The van der Waals surface area contributed by atoms with Crippen LogP contribution in [0.4, 0.5) is 22.0 Å². The van der Waals surface area contributed by atoms with Crippen LogP contribution in [0.2, 0.25) is 0 Å². The van der Waals surface area contributed by atoms with Crippen molar-refractivity contribution in [1.29, 1.82) is 0 Å². The van der Waals surface area contributed by atoms with Gasteiger partial charge in [-0.15, -0.1) is 0 Å². The molecule has 2 N–H and O–H groups in total. The Hall–Kier alpha value is -1.44. The molecular weight excluding hydrogens is 237 g/mol. The van der Waals surface area contributed by atoms with Crippen molar-refractivity contribution in [2.75, 3.05) is 0 Å². The molecule has 1 rings (SSSR count). The van der Waals surface area contributed by atoms with E-state index >= 15 is 0 Å². The summed E-state index contributed by atoms with van der Waals surface area (Å²) in [5.41, 5.74) is -4.29. The van der Waals surface area contributed by atoms with Crippen LogP contribution in [0.25, 0.3) is 0 Å². The number of aromatic hydroxyl groups is 1. The molecular formula is C8H6F5NO2. The molecule has 3 nitrogen and oxygen atoms in total. The highest BCUT2D eigenvalue weighted by molar-refractivity contribution is 5.42. The summed E-state index contributed by atoms with van der Waals surface area (Å²) in [7, 11) is 0. The Kier molecular flexibility index (Phi) is 3.32. The number of pyridine rings is 1. The van der Waals surface area contributed by atoms with E-state index in [1.807, 2.05) is 0 Å². The van der Waals surface area contributed by atoms with E-state index in [4.69, 9.17) is 10.2 Å². The van der Waals surface area contributed by atoms with E-state index in [2.05, 4.69) is 4.98 Å². The summed E-state index contributed by atoms with van der Waals surface area (Å²) < 4.78 is 62.1. The van der Waals surface area contributed by atoms with Crippen molar-refractivity contribution in [2.24, 2.45) is 0 Å². The molecule has 0 atom stereocenters. The van der Waals surface area contributed by atoms with Crippen LogP contribution < -0.4 is 0 Å². The molecule has 16 heavy (non-hydrogen) atoms. The van der Waals surface area contributed by atoms with E-state index < -0.39 is 41.8 Å². The smallest absolute Gasteiger partial charge is 0.418 e. The van der Waals surface area contributed by atoms with Gasteiger partial charge in [0.05, 0.1) is 29.6 Å². The van der Waals surface area contributed by atoms with Crippen LogP contribution in [0.3, 0.4) is 0 Å². The molecule has 90 valence electrons. The lowest BCUT2D eigenvalue weighted by molar-refractivity contribution is -0.141. The molecule has 0 saturated carbocycles. The molecule has 0 radical (unpaired) electrons. The zero-order valence-corrected chi connectivity index (χ0v) is 7.59. The van der Waals surface area contributed by atoms with Gasteiger partial charge < -0.3 is 10.2 Å². The van der Waals surface area contributed by atoms with Crippen molar-refractivity contribution in [1.82, 2.24) is 4.98 Å². The Morgan fingerprint density at radius 3 is 2.25 bits per heavy atom. The van der Waals surface area contributed by atoms with E-state index in [9.17, 15) is 22.0 Å². The SMILES string of the molecule is OCc1ncc(O)c(C(F)F)c1C(F)(F)F. The number of hydrogen-bond acceptors (Lipinski definition) is 3. The number of aliphatic hydroxyl groups is 1. The summed E-state index contributed by atoms with van der Waals surface area (Å²) in [4.78, 5) is 3.05. The summed E-state index contributed by atoms with van der Waals surface area (Å²) in [6.07, 6.45) is -8.18. The largest absolute Gasteiger partial charge is 0.506 e. The maximum absolute atomic E-state index is 12.4. The van der Waals surface area contributed by atoms with Gasteiger partial charge in [-0.25, -0.2) is 8.78 Å². The van der Waals surface area contributed by atoms with Gasteiger partial charge in [-0.2, -0.15) is 13.2 Å². The third-order valence-electron chi connectivity index (χ3n) is 1.83. The highest BCUT2D eigenvalue weighted by atomic mass is 19.4. The molecule has 1 aromatic rings. The van der Waals surface area contributed by atoms with Gasteiger partial charge in [-0.3, -0.25) is 4.98 Å². The van der Waals surface area contributed by atoms with E-state index in [-0.39, 0.29) is 0 Å². The molecule has 0 bridgehead atoms. The second-order valence-corrected chi connectivity index (χ2v) is 2.84. The van der Waals surface area contributed by atoms with Crippen molar-refractivity contribution in [3.63, 3.8) is 0 Å². The van der Waals surface area contributed by atoms with Crippen LogP contribution in [0.1, 0.15) is 23.2 Å². The van der Waals surface area contributed by atoms with Crippen LogP contribution in [-0.4, -0.2) is 15.2 Å². The summed E-state index contributed by atoms with van der Waals surface area (Å²) >= 11 is 0. The average molecular weight is 243 g/mol. The van der Waals surface area contributed by atoms with Crippen molar-refractivity contribution in [3.8, 4) is 5.75 Å². The predicted octanol–water partition coefficient (Wildman–Crippen LogP) is 2.24. The second-order valence-electron chi connectivity index (χ2n) is 2.84. The lowest BCUT2D eigenvalue weighted by Crippen LogP contribution is -2.15. The summed E-state index contributed by atoms with van der Waals surface area (Å²) in [6.45, 7) is -1.14. The van der Waals surface area contributed by atoms with E-state index in [0.29, 0.717) is 6.20 Å². The van der Waals surface area contributed by atoms with E-state index in [1.165, 1.54) is 0 Å². The lowest BCUT2D eigenvalue weighted by atomic mass is 10.1. The fourth-order valence-corrected chi connectivity index (χ4v) is 1.21. The van der Waals surface area contributed by atoms with E-state index in [0.717, 1.165) is 0 Å². The summed E-state index contributed by atoms with van der Waals surface area (Å²) in [5, 5.41) is 17.5. The van der Waals surface area contributed by atoms with Gasteiger partial charge in [-0.1, -0.05) is 0 Å². The normalized spacial score (nSPS) is 12.2. The first-order chi connectivity index (χ1) is 7.29. The minimum absolute atomic E-state index is 0.447. The first-order valence-electron chi connectivity index (χ1n) is 3.96. The Balaban J connectivity index is 3.56. The Labute approximate surface area is 86.2 Å². The van der Waals surface area contributed by atoms with Gasteiger partial charge in [0.2, 0.25) is 0 Å². The summed E-state index contributed by atoms with van der Waals surface area (Å²) in [6, 6.07) is 0. The number of aromatic nitrogens is 1. The average Bonchev–Trinajstić information content (AvgIpc) is 2.15. The molecule has 0 aliphatic rings. The van der Waals surface area contributed by atoms with Crippen LogP contribution in [0.5, 0.6) is 5.75 Å². The maximum atomic E-state index is 12.4. The molecule has 0 aromatic carbocycles. The zero-order valence-electron chi connectivity index (χ0n) is 7.59. The highest BCUT2D eigenvalue weighted by Crippen LogP contribution is 2.41. The number of hydrogen-bond donors (Lipinski definition) is 2. The van der Waals surface area contributed by atoms with Crippen LogP contribution in [0.15, 0.2) is 6.20 Å².